The van der Waals surface area contributed by atoms with Crippen LogP contribution < -0.4 is 5.32 Å². The Bertz CT molecular complexity index is 553. The summed E-state index contributed by atoms with van der Waals surface area (Å²) in [7, 11) is 0. The zero-order valence-electron chi connectivity index (χ0n) is 11.6. The van der Waals surface area contributed by atoms with Gasteiger partial charge in [0.25, 0.3) is 5.91 Å². The number of aromatic hydroxyl groups is 1. The predicted molar refractivity (Wildman–Crippen MR) is 78.7 cm³/mol. The minimum atomic E-state index is -0.916. The maximum absolute atomic E-state index is 12.3. The number of phenols is 1. The molecule has 2 rings (SSSR count). The van der Waals surface area contributed by atoms with Crippen LogP contribution in [0.2, 0.25) is 5.02 Å². The van der Waals surface area contributed by atoms with E-state index in [2.05, 4.69) is 5.32 Å². The summed E-state index contributed by atoms with van der Waals surface area (Å²) >= 11 is 5.80. The van der Waals surface area contributed by atoms with Crippen LogP contribution in [-0.2, 0) is 4.79 Å². The van der Waals surface area contributed by atoms with Gasteiger partial charge in [0.05, 0.1) is 17.0 Å². The number of carboxylic acid groups (broad SMARTS) is 1. The van der Waals surface area contributed by atoms with Crippen LogP contribution in [0.1, 0.15) is 48.9 Å². The molecule has 0 aliphatic heterocycles. The Hall–Kier alpha value is -1.75. The first kappa shape index (κ1) is 15.6. The van der Waals surface area contributed by atoms with Crippen molar-refractivity contribution in [3.8, 4) is 5.75 Å². The third-order valence-electron chi connectivity index (χ3n) is 3.89. The van der Waals surface area contributed by atoms with E-state index in [9.17, 15) is 14.7 Å². The highest BCUT2D eigenvalue weighted by molar-refractivity contribution is 6.32. The van der Waals surface area contributed by atoms with Crippen LogP contribution in [0.15, 0.2) is 18.2 Å². The summed E-state index contributed by atoms with van der Waals surface area (Å²) in [6.45, 7) is 0. The van der Waals surface area contributed by atoms with Crippen molar-refractivity contribution in [3.63, 3.8) is 0 Å². The largest absolute Gasteiger partial charge is 0.506 e. The first-order valence-electron chi connectivity index (χ1n) is 6.95. The Kier molecular flexibility index (Phi) is 4.73. The average Bonchev–Trinajstić information content (AvgIpc) is 2.41. The van der Waals surface area contributed by atoms with Crippen molar-refractivity contribution in [2.24, 2.45) is 0 Å². The number of carbonyl (C=O) groups is 2. The molecule has 114 valence electrons. The van der Waals surface area contributed by atoms with E-state index in [1.165, 1.54) is 18.2 Å². The fourth-order valence-electron chi connectivity index (χ4n) is 2.83. The van der Waals surface area contributed by atoms with Gasteiger partial charge in [-0.15, -0.1) is 0 Å². The number of carboxylic acids is 1. The smallest absolute Gasteiger partial charge is 0.305 e. The number of nitrogens with one attached hydrogen (secondary N) is 1. The second-order valence-corrected chi connectivity index (χ2v) is 5.94. The number of hydrogen-bond acceptors (Lipinski definition) is 3. The van der Waals surface area contributed by atoms with E-state index >= 15 is 0 Å². The van der Waals surface area contributed by atoms with Crippen LogP contribution in [0, 0.1) is 0 Å². The molecular weight excluding hydrogens is 294 g/mol. The molecule has 3 N–H and O–H groups in total. The highest BCUT2D eigenvalue weighted by Gasteiger charge is 2.36. The van der Waals surface area contributed by atoms with E-state index in [4.69, 9.17) is 16.7 Å². The van der Waals surface area contributed by atoms with Gasteiger partial charge in [0.1, 0.15) is 5.75 Å². The van der Waals surface area contributed by atoms with Crippen molar-refractivity contribution >= 4 is 23.5 Å². The molecule has 1 fully saturated rings. The molecular formula is C15H18ClNO4. The van der Waals surface area contributed by atoms with Crippen LogP contribution >= 0.6 is 11.6 Å². The molecule has 0 heterocycles. The number of rotatable bonds is 4. The SMILES string of the molecule is O=C(O)CC1(NC(=O)c2ccc(O)c(Cl)c2)CCCCC1. The zero-order valence-corrected chi connectivity index (χ0v) is 12.3. The summed E-state index contributed by atoms with van der Waals surface area (Å²) in [5, 5.41) is 21.4. The Balaban J connectivity index is 2.17. The van der Waals surface area contributed by atoms with Gasteiger partial charge in [-0.05, 0) is 31.0 Å². The molecule has 5 nitrogen and oxygen atoms in total. The van der Waals surface area contributed by atoms with Crippen LogP contribution in [0.5, 0.6) is 5.75 Å². The molecule has 0 unspecified atom stereocenters. The van der Waals surface area contributed by atoms with E-state index in [-0.39, 0.29) is 23.1 Å². The minimum Gasteiger partial charge on any atom is -0.506 e. The van der Waals surface area contributed by atoms with Gasteiger partial charge in [0.15, 0.2) is 0 Å². The van der Waals surface area contributed by atoms with Crippen molar-refractivity contribution < 1.29 is 19.8 Å². The molecule has 1 saturated carbocycles. The number of carbonyl (C=O) groups excluding carboxylic acids is 1. The van der Waals surface area contributed by atoms with Crippen LogP contribution in [0.3, 0.4) is 0 Å². The molecule has 1 aliphatic carbocycles. The zero-order chi connectivity index (χ0) is 15.5. The van der Waals surface area contributed by atoms with E-state index in [1.807, 2.05) is 0 Å². The van der Waals surface area contributed by atoms with Crippen molar-refractivity contribution in [1.82, 2.24) is 5.32 Å². The standard InChI is InChI=1S/C15H18ClNO4/c16-11-8-10(4-5-12(11)18)14(21)17-15(9-13(19)20)6-2-1-3-7-15/h4-5,8,18H,1-3,6-7,9H2,(H,17,21)(H,19,20). The van der Waals surface area contributed by atoms with E-state index in [1.54, 1.807) is 0 Å². The lowest BCUT2D eigenvalue weighted by atomic mass is 9.79. The molecule has 0 aromatic heterocycles. The van der Waals surface area contributed by atoms with Crippen LogP contribution in [0.4, 0.5) is 0 Å². The van der Waals surface area contributed by atoms with Gasteiger partial charge < -0.3 is 15.5 Å². The predicted octanol–water partition coefficient (Wildman–Crippen LogP) is 2.95. The molecule has 21 heavy (non-hydrogen) atoms. The third kappa shape index (κ3) is 3.88. The molecule has 1 aromatic rings. The molecule has 1 aromatic carbocycles. The van der Waals surface area contributed by atoms with E-state index < -0.39 is 11.5 Å². The number of hydrogen-bond donors (Lipinski definition) is 3. The summed E-state index contributed by atoms with van der Waals surface area (Å²) in [4.78, 5) is 23.4. The van der Waals surface area contributed by atoms with Crippen LogP contribution in [0.25, 0.3) is 0 Å². The molecule has 0 saturated heterocycles. The highest BCUT2D eigenvalue weighted by atomic mass is 35.5. The lowest BCUT2D eigenvalue weighted by molar-refractivity contribution is -0.139. The number of aliphatic carboxylic acids is 1. The molecule has 0 atom stereocenters. The van der Waals surface area contributed by atoms with Crippen molar-refractivity contribution in [3.05, 3.63) is 28.8 Å². The molecule has 0 radical (unpaired) electrons. The van der Waals surface area contributed by atoms with Gasteiger partial charge in [-0.25, -0.2) is 0 Å². The monoisotopic (exact) mass is 311 g/mol. The number of halogens is 1. The maximum atomic E-state index is 12.3. The fraction of sp³-hybridized carbons (Fsp3) is 0.467. The number of benzene rings is 1. The Morgan fingerprint density at radius 1 is 1.24 bits per heavy atom. The minimum absolute atomic E-state index is 0.0788. The quantitative estimate of drug-likeness (QED) is 0.798. The molecule has 1 aliphatic rings. The third-order valence-corrected chi connectivity index (χ3v) is 4.19. The second-order valence-electron chi connectivity index (χ2n) is 5.53. The van der Waals surface area contributed by atoms with E-state index in [0.29, 0.717) is 18.4 Å². The van der Waals surface area contributed by atoms with Crippen molar-refractivity contribution in [2.45, 2.75) is 44.1 Å². The van der Waals surface area contributed by atoms with Gasteiger partial charge in [-0.2, -0.15) is 0 Å². The number of phenolic OH excluding ortho intramolecular Hbond substituents is 1. The molecule has 0 spiro atoms. The summed E-state index contributed by atoms with van der Waals surface area (Å²) < 4.78 is 0. The van der Waals surface area contributed by atoms with Gasteiger partial charge in [-0.1, -0.05) is 30.9 Å². The Morgan fingerprint density at radius 2 is 1.90 bits per heavy atom. The van der Waals surface area contributed by atoms with Gasteiger partial charge >= 0.3 is 5.97 Å². The van der Waals surface area contributed by atoms with Gasteiger partial charge in [-0.3, -0.25) is 9.59 Å². The first-order chi connectivity index (χ1) is 9.92. The lowest BCUT2D eigenvalue weighted by Gasteiger charge is -2.37. The Labute approximate surface area is 127 Å². The topological polar surface area (TPSA) is 86.6 Å². The fourth-order valence-corrected chi connectivity index (χ4v) is 3.01. The molecule has 1 amide bonds. The first-order valence-corrected chi connectivity index (χ1v) is 7.32. The van der Waals surface area contributed by atoms with Gasteiger partial charge in [0, 0.05) is 5.56 Å². The molecule has 0 bridgehead atoms. The Morgan fingerprint density at radius 3 is 2.48 bits per heavy atom. The van der Waals surface area contributed by atoms with Crippen LogP contribution in [-0.4, -0.2) is 27.6 Å². The average molecular weight is 312 g/mol. The number of amides is 1. The molecule has 6 heteroatoms. The van der Waals surface area contributed by atoms with Gasteiger partial charge in [0.2, 0.25) is 0 Å². The lowest BCUT2D eigenvalue weighted by Crippen LogP contribution is -2.51. The summed E-state index contributed by atoms with van der Waals surface area (Å²) in [6.07, 6.45) is 4.12. The highest BCUT2D eigenvalue weighted by Crippen LogP contribution is 2.32. The van der Waals surface area contributed by atoms with E-state index in [0.717, 1.165) is 19.3 Å². The summed E-state index contributed by atoms with van der Waals surface area (Å²) in [5.41, 5.74) is -0.376. The summed E-state index contributed by atoms with van der Waals surface area (Å²) in [5.74, 6) is -1.37. The maximum Gasteiger partial charge on any atom is 0.305 e. The summed E-state index contributed by atoms with van der Waals surface area (Å²) in [6, 6.07) is 4.19. The van der Waals surface area contributed by atoms with Crippen molar-refractivity contribution in [2.75, 3.05) is 0 Å². The normalized spacial score (nSPS) is 17.2. The second kappa shape index (κ2) is 6.35. The van der Waals surface area contributed by atoms with Crippen molar-refractivity contribution in [1.29, 1.82) is 0 Å².